The molecule has 1 heterocycles. The molecule has 5 heteroatoms. The first kappa shape index (κ1) is 15.0. The van der Waals surface area contributed by atoms with Crippen LogP contribution in [0.15, 0.2) is 41.5 Å². The van der Waals surface area contributed by atoms with Gasteiger partial charge in [0.15, 0.2) is 5.82 Å². The van der Waals surface area contributed by atoms with Crippen LogP contribution >= 0.6 is 0 Å². The van der Waals surface area contributed by atoms with Gasteiger partial charge in [-0.15, -0.1) is 0 Å². The number of benzene rings is 1. The van der Waals surface area contributed by atoms with Crippen LogP contribution in [0.2, 0.25) is 0 Å². The molecular weight excluding hydrogens is 262 g/mol. The Labute approximate surface area is 125 Å². The van der Waals surface area contributed by atoms with Crippen molar-refractivity contribution < 1.29 is 0 Å². The van der Waals surface area contributed by atoms with Gasteiger partial charge >= 0.3 is 0 Å². The smallest absolute Gasteiger partial charge is 0.152 e. The van der Waals surface area contributed by atoms with Gasteiger partial charge in [0.25, 0.3) is 0 Å². The van der Waals surface area contributed by atoms with E-state index in [1.807, 2.05) is 55.4 Å². The van der Waals surface area contributed by atoms with E-state index in [-0.39, 0.29) is 5.92 Å². The maximum absolute atomic E-state index is 4.52. The first-order chi connectivity index (χ1) is 10.1. The molecule has 0 saturated carbocycles. The third-order valence-electron chi connectivity index (χ3n) is 2.90. The van der Waals surface area contributed by atoms with Crippen molar-refractivity contribution in [3.8, 4) is 0 Å². The van der Waals surface area contributed by atoms with E-state index in [0.29, 0.717) is 5.82 Å². The van der Waals surface area contributed by atoms with Crippen molar-refractivity contribution in [1.82, 2.24) is 9.97 Å². The molecule has 5 nitrogen and oxygen atoms in total. The van der Waals surface area contributed by atoms with Crippen LogP contribution in [0.3, 0.4) is 0 Å². The molecule has 0 aliphatic carbocycles. The summed E-state index contributed by atoms with van der Waals surface area (Å²) in [6, 6.07) is 11.8. The largest absolute Gasteiger partial charge is 0.363 e. The van der Waals surface area contributed by atoms with Gasteiger partial charge in [0.05, 0.1) is 6.21 Å². The first-order valence-corrected chi connectivity index (χ1v) is 6.96. The van der Waals surface area contributed by atoms with E-state index in [1.54, 1.807) is 6.21 Å². The molecule has 110 valence electrons. The Bertz CT molecular complexity index is 579. The summed E-state index contributed by atoms with van der Waals surface area (Å²) in [5.41, 5.74) is 4.01. The Hall–Kier alpha value is -2.43. The lowest BCUT2D eigenvalue weighted by atomic mass is 10.2. The molecule has 0 radical (unpaired) electrons. The lowest BCUT2D eigenvalue weighted by molar-refractivity contribution is 0.771. The van der Waals surface area contributed by atoms with Crippen molar-refractivity contribution in [2.24, 2.45) is 5.10 Å². The Morgan fingerprint density at radius 3 is 2.48 bits per heavy atom. The van der Waals surface area contributed by atoms with Crippen molar-refractivity contribution in [1.29, 1.82) is 0 Å². The highest BCUT2D eigenvalue weighted by Gasteiger charge is 2.08. The van der Waals surface area contributed by atoms with Gasteiger partial charge in [-0.25, -0.2) is 9.97 Å². The maximum atomic E-state index is 4.52. The predicted octanol–water partition coefficient (Wildman–Crippen LogP) is 3.11. The second-order valence-corrected chi connectivity index (χ2v) is 5.30. The molecule has 0 spiro atoms. The zero-order valence-electron chi connectivity index (χ0n) is 12.9. The Kier molecular flexibility index (Phi) is 4.87. The van der Waals surface area contributed by atoms with Crippen molar-refractivity contribution in [3.63, 3.8) is 0 Å². The van der Waals surface area contributed by atoms with Crippen LogP contribution in [0, 0.1) is 0 Å². The summed E-state index contributed by atoms with van der Waals surface area (Å²) in [4.78, 5) is 11.0. The van der Waals surface area contributed by atoms with Crippen LogP contribution in [0.1, 0.15) is 31.2 Å². The number of nitrogens with zero attached hydrogens (tertiary/aromatic N) is 4. The van der Waals surface area contributed by atoms with Gasteiger partial charge in [-0.3, -0.25) is 5.43 Å². The van der Waals surface area contributed by atoms with Gasteiger partial charge < -0.3 is 4.90 Å². The average Bonchev–Trinajstić information content (AvgIpc) is 2.48. The van der Waals surface area contributed by atoms with Crippen LogP contribution in [-0.2, 0) is 0 Å². The molecule has 21 heavy (non-hydrogen) atoms. The average molecular weight is 283 g/mol. The zero-order valence-corrected chi connectivity index (χ0v) is 12.9. The fraction of sp³-hybridized carbons (Fsp3) is 0.312. The predicted molar refractivity (Wildman–Crippen MR) is 88.1 cm³/mol. The van der Waals surface area contributed by atoms with E-state index in [2.05, 4.69) is 34.3 Å². The summed E-state index contributed by atoms with van der Waals surface area (Å²) in [6.45, 7) is 4.15. The molecule has 0 amide bonds. The Balaban J connectivity index is 2.17. The van der Waals surface area contributed by atoms with Crippen molar-refractivity contribution in [3.05, 3.63) is 47.8 Å². The van der Waals surface area contributed by atoms with Crippen molar-refractivity contribution in [2.75, 3.05) is 24.4 Å². The third-order valence-corrected chi connectivity index (χ3v) is 2.90. The molecule has 1 aromatic carbocycles. The number of aromatic nitrogens is 2. The lowest BCUT2D eigenvalue weighted by Gasteiger charge is -2.15. The minimum atomic E-state index is 0.267. The summed E-state index contributed by atoms with van der Waals surface area (Å²) in [5.74, 6) is 2.64. The second-order valence-electron chi connectivity index (χ2n) is 5.30. The lowest BCUT2D eigenvalue weighted by Crippen LogP contribution is -2.13. The van der Waals surface area contributed by atoms with E-state index in [1.165, 1.54) is 0 Å². The summed E-state index contributed by atoms with van der Waals surface area (Å²) in [7, 11) is 3.92. The molecule has 1 aromatic heterocycles. The molecule has 2 aromatic rings. The van der Waals surface area contributed by atoms with Gasteiger partial charge in [-0.2, -0.15) is 5.10 Å². The first-order valence-electron chi connectivity index (χ1n) is 6.96. The highest BCUT2D eigenvalue weighted by atomic mass is 15.3. The zero-order chi connectivity index (χ0) is 15.2. The van der Waals surface area contributed by atoms with E-state index in [4.69, 9.17) is 0 Å². The van der Waals surface area contributed by atoms with Gasteiger partial charge in [-0.1, -0.05) is 44.2 Å². The molecule has 0 fully saturated rings. The topological polar surface area (TPSA) is 53.4 Å². The van der Waals surface area contributed by atoms with Gasteiger partial charge in [0.1, 0.15) is 11.6 Å². The molecule has 0 saturated heterocycles. The number of hydrogen-bond donors (Lipinski definition) is 1. The number of nitrogens with one attached hydrogen (secondary N) is 1. The molecule has 0 aliphatic rings. The second kappa shape index (κ2) is 6.83. The highest BCUT2D eigenvalue weighted by molar-refractivity contribution is 5.79. The van der Waals surface area contributed by atoms with Gasteiger partial charge in [-0.05, 0) is 5.56 Å². The van der Waals surface area contributed by atoms with E-state index < -0.39 is 0 Å². The Morgan fingerprint density at radius 1 is 1.14 bits per heavy atom. The van der Waals surface area contributed by atoms with Crippen LogP contribution in [0.4, 0.5) is 11.6 Å². The minimum absolute atomic E-state index is 0.267. The van der Waals surface area contributed by atoms with E-state index in [9.17, 15) is 0 Å². The molecule has 0 unspecified atom stereocenters. The van der Waals surface area contributed by atoms with Crippen LogP contribution in [0.5, 0.6) is 0 Å². The number of hydrogen-bond acceptors (Lipinski definition) is 5. The Morgan fingerprint density at radius 2 is 1.86 bits per heavy atom. The standard InChI is InChI=1S/C16H21N5/c1-12(2)16-18-14(10-15(19-16)21(3)4)20-17-11-13-8-6-5-7-9-13/h5-12H,1-4H3,(H,18,19,20)/b17-11-. The fourth-order valence-corrected chi connectivity index (χ4v) is 1.71. The van der Waals surface area contributed by atoms with E-state index >= 15 is 0 Å². The quantitative estimate of drug-likeness (QED) is 0.676. The van der Waals surface area contributed by atoms with Crippen LogP contribution in [-0.4, -0.2) is 30.3 Å². The normalized spacial score (nSPS) is 11.1. The summed E-state index contributed by atoms with van der Waals surface area (Å²) in [5, 5.41) is 4.23. The van der Waals surface area contributed by atoms with Crippen molar-refractivity contribution >= 4 is 17.9 Å². The summed E-state index contributed by atoms with van der Waals surface area (Å²) in [6.07, 6.45) is 1.77. The number of hydrazone groups is 1. The molecule has 0 atom stereocenters. The fourth-order valence-electron chi connectivity index (χ4n) is 1.71. The van der Waals surface area contributed by atoms with Gasteiger partial charge in [0.2, 0.25) is 0 Å². The van der Waals surface area contributed by atoms with Crippen LogP contribution < -0.4 is 10.3 Å². The maximum Gasteiger partial charge on any atom is 0.152 e. The summed E-state index contributed by atoms with van der Waals surface area (Å²) < 4.78 is 0. The molecular formula is C16H21N5. The van der Waals surface area contributed by atoms with Crippen LogP contribution in [0.25, 0.3) is 0 Å². The molecule has 1 N–H and O–H groups in total. The monoisotopic (exact) mass is 283 g/mol. The molecule has 0 aliphatic heterocycles. The minimum Gasteiger partial charge on any atom is -0.363 e. The van der Waals surface area contributed by atoms with Crippen molar-refractivity contribution in [2.45, 2.75) is 19.8 Å². The summed E-state index contributed by atoms with van der Waals surface area (Å²) >= 11 is 0. The SMILES string of the molecule is CC(C)c1nc(N/N=C\c2ccccc2)cc(N(C)C)n1. The highest BCUT2D eigenvalue weighted by Crippen LogP contribution is 2.18. The number of anilines is 2. The third kappa shape index (κ3) is 4.27. The number of rotatable bonds is 5. The van der Waals surface area contributed by atoms with E-state index in [0.717, 1.165) is 17.2 Å². The molecule has 0 bridgehead atoms. The molecule has 2 rings (SSSR count). The van der Waals surface area contributed by atoms with Gasteiger partial charge in [0, 0.05) is 26.1 Å².